The van der Waals surface area contributed by atoms with E-state index in [0.717, 1.165) is 49.9 Å². The summed E-state index contributed by atoms with van der Waals surface area (Å²) in [5.41, 5.74) is 5.21. The molecular weight excluding hydrogens is 566 g/mol. The zero-order valence-corrected chi connectivity index (χ0v) is 30.0. The van der Waals surface area contributed by atoms with Crippen molar-refractivity contribution >= 4 is 11.8 Å². The summed E-state index contributed by atoms with van der Waals surface area (Å²) in [6, 6.07) is 10.2. The molecule has 0 radical (unpaired) electrons. The maximum atomic E-state index is 14.4. The van der Waals surface area contributed by atoms with Gasteiger partial charge in [-0.3, -0.25) is 4.79 Å². The van der Waals surface area contributed by atoms with Crippen LogP contribution in [-0.4, -0.2) is 30.0 Å². The maximum absolute atomic E-state index is 14.4. The standard InChI is InChI=1S/C41H57N3O2/c1-26-17-20-41(36(45)46-24-28-13-11-10-12-14-28)22-21-39(6)30(33(41)27(26)2)15-16-32-38(5)23-29-34(42-25-43-35(29)44(8)9)37(3,4)31(38)18-19-40(32,39)7/h10-15,25-27,31-33H,16-24H2,1-9H3/t26-,27+,31+,32-,33+,38+,39-,40-,41+/m1/s1. The molecule has 0 aliphatic heterocycles. The Labute approximate surface area is 278 Å². The first-order valence-corrected chi connectivity index (χ1v) is 18.1. The Balaban J connectivity index is 1.29. The van der Waals surface area contributed by atoms with Crippen molar-refractivity contribution in [2.24, 2.45) is 51.2 Å². The predicted octanol–water partition coefficient (Wildman–Crippen LogP) is 8.96. The lowest BCUT2D eigenvalue weighted by atomic mass is 9.33. The van der Waals surface area contributed by atoms with E-state index in [-0.39, 0.29) is 33.5 Å². The van der Waals surface area contributed by atoms with Crippen LogP contribution in [0.1, 0.15) is 110 Å². The number of aromatic nitrogens is 2. The zero-order valence-electron chi connectivity index (χ0n) is 30.0. The monoisotopic (exact) mass is 623 g/mol. The highest BCUT2D eigenvalue weighted by atomic mass is 16.5. The van der Waals surface area contributed by atoms with Gasteiger partial charge in [0.05, 0.1) is 11.1 Å². The van der Waals surface area contributed by atoms with Crippen LogP contribution in [0.2, 0.25) is 0 Å². The van der Waals surface area contributed by atoms with Gasteiger partial charge in [0, 0.05) is 25.1 Å². The second-order valence-electron chi connectivity index (χ2n) is 17.7. The van der Waals surface area contributed by atoms with Crippen LogP contribution in [0, 0.1) is 51.2 Å². The highest BCUT2D eigenvalue weighted by Gasteiger charge is 2.69. The summed E-state index contributed by atoms with van der Waals surface area (Å²) in [4.78, 5) is 26.3. The SMILES string of the molecule is C[C@H]1[C@H](C)CC[C@]2(C(=O)OCc3ccccc3)CC[C@]3(C)C(=CC[C@@H]4[C@@]5(C)Cc6c(N(C)C)ncnc6C(C)(C)[C@@H]5CC[C@]43C)[C@H]12. The quantitative estimate of drug-likeness (QED) is 0.251. The Morgan fingerprint density at radius 2 is 1.67 bits per heavy atom. The smallest absolute Gasteiger partial charge is 0.313 e. The van der Waals surface area contributed by atoms with Crippen LogP contribution in [0.3, 0.4) is 0 Å². The van der Waals surface area contributed by atoms with Gasteiger partial charge >= 0.3 is 5.97 Å². The molecule has 0 amide bonds. The Morgan fingerprint density at radius 1 is 0.935 bits per heavy atom. The molecule has 5 nitrogen and oxygen atoms in total. The second-order valence-corrected chi connectivity index (χ2v) is 17.7. The molecule has 2 aromatic rings. The highest BCUT2D eigenvalue weighted by Crippen LogP contribution is 2.75. The van der Waals surface area contributed by atoms with Gasteiger partial charge < -0.3 is 9.64 Å². The number of hydrogen-bond acceptors (Lipinski definition) is 5. The number of ether oxygens (including phenoxy) is 1. The van der Waals surface area contributed by atoms with Crippen molar-refractivity contribution in [1.29, 1.82) is 0 Å². The number of benzene rings is 1. The molecule has 0 bridgehead atoms. The van der Waals surface area contributed by atoms with E-state index in [0.29, 0.717) is 30.3 Å². The summed E-state index contributed by atoms with van der Waals surface area (Å²) in [7, 11) is 4.24. The van der Waals surface area contributed by atoms with Gasteiger partial charge in [-0.15, -0.1) is 0 Å². The molecule has 1 aromatic carbocycles. The molecule has 5 aliphatic carbocycles. The second kappa shape index (κ2) is 10.7. The van der Waals surface area contributed by atoms with E-state index in [1.807, 2.05) is 18.2 Å². The molecule has 0 saturated heterocycles. The van der Waals surface area contributed by atoms with Crippen LogP contribution in [-0.2, 0) is 28.0 Å². The van der Waals surface area contributed by atoms with Crippen molar-refractivity contribution in [1.82, 2.24) is 9.97 Å². The van der Waals surface area contributed by atoms with E-state index >= 15 is 0 Å². The molecule has 0 N–H and O–H groups in total. The van der Waals surface area contributed by atoms with E-state index in [9.17, 15) is 4.79 Å². The molecule has 0 spiro atoms. The predicted molar refractivity (Wildman–Crippen MR) is 185 cm³/mol. The van der Waals surface area contributed by atoms with E-state index in [1.165, 1.54) is 24.1 Å². The van der Waals surface area contributed by atoms with Gasteiger partial charge in [0.1, 0.15) is 18.8 Å². The van der Waals surface area contributed by atoms with Gasteiger partial charge in [-0.25, -0.2) is 9.97 Å². The Morgan fingerprint density at radius 3 is 2.39 bits per heavy atom. The third-order valence-corrected chi connectivity index (χ3v) is 15.3. The minimum atomic E-state index is -0.417. The number of carbonyl (C=O) groups is 1. The lowest BCUT2D eigenvalue weighted by Gasteiger charge is -2.71. The van der Waals surface area contributed by atoms with Crippen molar-refractivity contribution in [2.75, 3.05) is 19.0 Å². The van der Waals surface area contributed by atoms with Gasteiger partial charge in [0.15, 0.2) is 0 Å². The van der Waals surface area contributed by atoms with E-state index in [2.05, 4.69) is 85.7 Å². The van der Waals surface area contributed by atoms with Crippen molar-refractivity contribution < 1.29 is 9.53 Å². The minimum Gasteiger partial charge on any atom is -0.460 e. The first-order valence-electron chi connectivity index (χ1n) is 18.1. The molecule has 9 atom stereocenters. The summed E-state index contributed by atoms with van der Waals surface area (Å²) in [5.74, 6) is 3.57. The maximum Gasteiger partial charge on any atom is 0.313 e. The fourth-order valence-electron chi connectivity index (χ4n) is 12.6. The van der Waals surface area contributed by atoms with Crippen molar-refractivity contribution in [2.45, 2.75) is 112 Å². The number of esters is 1. The van der Waals surface area contributed by atoms with E-state index < -0.39 is 5.41 Å². The summed E-state index contributed by atoms with van der Waals surface area (Å²) in [6.45, 7) is 18.0. The number of carbonyl (C=O) groups excluding carboxylic acids is 1. The molecular formula is C41H57N3O2. The van der Waals surface area contributed by atoms with Gasteiger partial charge in [-0.2, -0.15) is 0 Å². The fourth-order valence-corrected chi connectivity index (χ4v) is 12.6. The molecule has 1 aromatic heterocycles. The largest absolute Gasteiger partial charge is 0.460 e. The first-order chi connectivity index (χ1) is 21.7. The molecule has 5 heteroatoms. The molecule has 5 aliphatic rings. The van der Waals surface area contributed by atoms with E-state index in [4.69, 9.17) is 14.7 Å². The average Bonchev–Trinajstić information content (AvgIpc) is 3.02. The number of rotatable bonds is 4. The third-order valence-electron chi connectivity index (χ3n) is 15.3. The van der Waals surface area contributed by atoms with Crippen LogP contribution in [0.15, 0.2) is 48.3 Å². The molecule has 46 heavy (non-hydrogen) atoms. The first kappa shape index (κ1) is 31.9. The summed E-state index contributed by atoms with van der Waals surface area (Å²) in [5, 5.41) is 0. The van der Waals surface area contributed by atoms with Gasteiger partial charge in [0.25, 0.3) is 0 Å². The number of fused-ring (bicyclic) bond motifs is 8. The summed E-state index contributed by atoms with van der Waals surface area (Å²) < 4.78 is 6.25. The Hall–Kier alpha value is -2.69. The molecule has 3 fully saturated rings. The molecule has 0 unspecified atom stereocenters. The molecule has 248 valence electrons. The number of hydrogen-bond donors (Lipinski definition) is 0. The van der Waals surface area contributed by atoms with Gasteiger partial charge in [-0.05, 0) is 103 Å². The Bertz CT molecular complexity index is 1550. The Kier molecular flexibility index (Phi) is 7.39. The summed E-state index contributed by atoms with van der Waals surface area (Å²) >= 11 is 0. The molecule has 1 heterocycles. The van der Waals surface area contributed by atoms with Crippen LogP contribution in [0.4, 0.5) is 5.82 Å². The summed E-state index contributed by atoms with van der Waals surface area (Å²) in [6.07, 6.45) is 13.1. The molecule has 3 saturated carbocycles. The van der Waals surface area contributed by atoms with Crippen molar-refractivity contribution in [3.8, 4) is 0 Å². The van der Waals surface area contributed by atoms with Crippen LogP contribution < -0.4 is 4.90 Å². The van der Waals surface area contributed by atoms with Crippen molar-refractivity contribution in [3.63, 3.8) is 0 Å². The average molecular weight is 624 g/mol. The lowest BCUT2D eigenvalue weighted by Crippen LogP contribution is -2.65. The minimum absolute atomic E-state index is 0.0141. The van der Waals surface area contributed by atoms with E-state index in [1.54, 1.807) is 11.9 Å². The lowest BCUT2D eigenvalue weighted by molar-refractivity contribution is -0.184. The van der Waals surface area contributed by atoms with Crippen molar-refractivity contribution in [3.05, 3.63) is 65.1 Å². The third kappa shape index (κ3) is 4.21. The van der Waals surface area contributed by atoms with Crippen LogP contribution >= 0.6 is 0 Å². The highest BCUT2D eigenvalue weighted by molar-refractivity contribution is 5.79. The normalized spacial score (nSPS) is 40.6. The van der Waals surface area contributed by atoms with Crippen LogP contribution in [0.5, 0.6) is 0 Å². The number of nitrogens with zero attached hydrogens (tertiary/aromatic N) is 3. The van der Waals surface area contributed by atoms with Gasteiger partial charge in [-0.1, -0.05) is 90.4 Å². The fraction of sp³-hybridized carbons (Fsp3) is 0.683. The van der Waals surface area contributed by atoms with Crippen LogP contribution in [0.25, 0.3) is 0 Å². The number of anilines is 1. The number of allylic oxidation sites excluding steroid dienone is 2. The topological polar surface area (TPSA) is 55.3 Å². The zero-order chi connectivity index (χ0) is 32.9. The molecule has 7 rings (SSSR count). The van der Waals surface area contributed by atoms with Gasteiger partial charge in [0.2, 0.25) is 0 Å².